The topological polar surface area (TPSA) is 34.9 Å². The van der Waals surface area contributed by atoms with Crippen molar-refractivity contribution in [2.75, 3.05) is 0 Å². The van der Waals surface area contributed by atoms with Crippen LogP contribution in [0.5, 0.6) is 0 Å². The lowest BCUT2D eigenvalue weighted by molar-refractivity contribution is -0.117. The van der Waals surface area contributed by atoms with Gasteiger partial charge in [0.05, 0.1) is 15.9 Å². The number of ketones is 1. The SMILES string of the molecule is CCc1nn(CC)c(CC(=O)Cc2cccs2)c1Br. The van der Waals surface area contributed by atoms with Gasteiger partial charge in [0.15, 0.2) is 0 Å². The molecule has 0 fully saturated rings. The second-order valence-electron chi connectivity index (χ2n) is 4.35. The normalized spacial score (nSPS) is 10.9. The van der Waals surface area contributed by atoms with Crippen LogP contribution in [0.3, 0.4) is 0 Å². The highest BCUT2D eigenvalue weighted by Crippen LogP contribution is 2.23. The quantitative estimate of drug-likeness (QED) is 0.804. The first-order chi connectivity index (χ1) is 9.15. The molecule has 0 aromatic carbocycles. The van der Waals surface area contributed by atoms with Gasteiger partial charge in [-0.15, -0.1) is 11.3 Å². The molecule has 0 unspecified atom stereocenters. The van der Waals surface area contributed by atoms with Crippen molar-refractivity contribution in [2.24, 2.45) is 0 Å². The molecule has 102 valence electrons. The fourth-order valence-electron chi connectivity index (χ4n) is 2.04. The summed E-state index contributed by atoms with van der Waals surface area (Å²) in [4.78, 5) is 13.3. The third-order valence-corrected chi connectivity index (χ3v) is 4.80. The minimum atomic E-state index is 0.236. The third kappa shape index (κ3) is 3.34. The molecule has 19 heavy (non-hydrogen) atoms. The smallest absolute Gasteiger partial charge is 0.144 e. The van der Waals surface area contributed by atoms with Gasteiger partial charge in [0, 0.05) is 24.3 Å². The summed E-state index contributed by atoms with van der Waals surface area (Å²) in [5.41, 5.74) is 2.03. The third-order valence-electron chi connectivity index (χ3n) is 3.01. The predicted molar refractivity (Wildman–Crippen MR) is 81.7 cm³/mol. The summed E-state index contributed by atoms with van der Waals surface area (Å²) in [6, 6.07) is 3.99. The molecule has 0 amide bonds. The van der Waals surface area contributed by atoms with Crippen LogP contribution in [0.1, 0.15) is 30.1 Å². The first-order valence-electron chi connectivity index (χ1n) is 6.43. The Labute approximate surface area is 125 Å². The largest absolute Gasteiger partial charge is 0.299 e. The highest BCUT2D eigenvalue weighted by molar-refractivity contribution is 9.10. The number of Topliss-reactive ketones (excluding diaryl/α,β-unsaturated/α-hetero) is 1. The van der Waals surface area contributed by atoms with Crippen LogP contribution in [0.4, 0.5) is 0 Å². The minimum Gasteiger partial charge on any atom is -0.299 e. The second-order valence-corrected chi connectivity index (χ2v) is 6.17. The molecule has 2 rings (SSSR count). The maximum atomic E-state index is 12.1. The Morgan fingerprint density at radius 1 is 1.42 bits per heavy atom. The lowest BCUT2D eigenvalue weighted by Gasteiger charge is -2.04. The van der Waals surface area contributed by atoms with Gasteiger partial charge in [-0.05, 0) is 40.7 Å². The van der Waals surface area contributed by atoms with Crippen LogP contribution >= 0.6 is 27.3 Å². The van der Waals surface area contributed by atoms with Gasteiger partial charge in [-0.25, -0.2) is 0 Å². The molecule has 0 bridgehead atoms. The first kappa shape index (κ1) is 14.5. The first-order valence-corrected chi connectivity index (χ1v) is 8.11. The number of hydrogen-bond donors (Lipinski definition) is 0. The summed E-state index contributed by atoms with van der Waals surface area (Å²) in [6.45, 7) is 4.91. The molecule has 0 saturated carbocycles. The van der Waals surface area contributed by atoms with E-state index in [1.165, 1.54) is 0 Å². The average molecular weight is 341 g/mol. The van der Waals surface area contributed by atoms with Crippen LogP contribution in [0.15, 0.2) is 22.0 Å². The summed E-state index contributed by atoms with van der Waals surface area (Å²) >= 11 is 5.21. The van der Waals surface area contributed by atoms with Crippen molar-refractivity contribution in [1.82, 2.24) is 9.78 Å². The predicted octanol–water partition coefficient (Wildman–Crippen LogP) is 3.64. The zero-order chi connectivity index (χ0) is 13.8. The number of carbonyl (C=O) groups is 1. The Kier molecular flexibility index (Phi) is 4.93. The molecule has 3 nitrogen and oxygen atoms in total. The Bertz CT molecular complexity index is 560. The molecule has 2 aromatic heterocycles. The van der Waals surface area contributed by atoms with Crippen LogP contribution in [0, 0.1) is 0 Å². The van der Waals surface area contributed by atoms with Crippen molar-refractivity contribution in [2.45, 2.75) is 39.7 Å². The Morgan fingerprint density at radius 3 is 2.79 bits per heavy atom. The highest BCUT2D eigenvalue weighted by Gasteiger charge is 2.17. The van der Waals surface area contributed by atoms with Crippen LogP contribution in [-0.2, 0) is 30.6 Å². The number of aryl methyl sites for hydroxylation is 2. The summed E-state index contributed by atoms with van der Waals surface area (Å²) in [5.74, 6) is 0.236. The maximum Gasteiger partial charge on any atom is 0.144 e. The van der Waals surface area contributed by atoms with Crippen molar-refractivity contribution < 1.29 is 4.79 Å². The van der Waals surface area contributed by atoms with Gasteiger partial charge in [-0.1, -0.05) is 13.0 Å². The Hall–Kier alpha value is -0.940. The van der Waals surface area contributed by atoms with E-state index >= 15 is 0 Å². The lowest BCUT2D eigenvalue weighted by atomic mass is 10.1. The molecule has 2 heterocycles. The van der Waals surface area contributed by atoms with Crippen LogP contribution in [0.25, 0.3) is 0 Å². The molecule has 0 aliphatic rings. The van der Waals surface area contributed by atoms with Crippen LogP contribution in [0.2, 0.25) is 0 Å². The molecule has 0 spiro atoms. The zero-order valence-electron chi connectivity index (χ0n) is 11.1. The van der Waals surface area contributed by atoms with Crippen molar-refractivity contribution in [3.63, 3.8) is 0 Å². The van der Waals surface area contributed by atoms with E-state index in [0.29, 0.717) is 12.8 Å². The number of thiophene rings is 1. The van der Waals surface area contributed by atoms with Crippen molar-refractivity contribution in [1.29, 1.82) is 0 Å². The van der Waals surface area contributed by atoms with Gasteiger partial charge >= 0.3 is 0 Å². The molecule has 0 radical (unpaired) electrons. The number of carbonyl (C=O) groups excluding carboxylic acids is 1. The Morgan fingerprint density at radius 2 is 2.21 bits per heavy atom. The molecule has 2 aromatic rings. The van der Waals surface area contributed by atoms with Crippen molar-refractivity contribution >= 4 is 33.0 Å². The molecule has 5 heteroatoms. The van der Waals surface area contributed by atoms with E-state index in [2.05, 4.69) is 28.0 Å². The van der Waals surface area contributed by atoms with Gasteiger partial charge in [-0.2, -0.15) is 5.10 Å². The van der Waals surface area contributed by atoms with Gasteiger partial charge in [0.2, 0.25) is 0 Å². The molecule has 0 N–H and O–H groups in total. The van der Waals surface area contributed by atoms with E-state index in [-0.39, 0.29) is 5.78 Å². The van der Waals surface area contributed by atoms with Crippen molar-refractivity contribution in [3.8, 4) is 0 Å². The standard InChI is InChI=1S/C14H17BrN2OS/c1-3-12-14(15)13(17(4-2)16-12)9-10(18)8-11-6-5-7-19-11/h5-7H,3-4,8-9H2,1-2H3. The van der Waals surface area contributed by atoms with E-state index in [4.69, 9.17) is 0 Å². The fraction of sp³-hybridized carbons (Fsp3) is 0.429. The second kappa shape index (κ2) is 6.48. The van der Waals surface area contributed by atoms with Gasteiger partial charge in [0.1, 0.15) is 5.78 Å². The molecule has 0 atom stereocenters. The molecular weight excluding hydrogens is 324 g/mol. The number of hydrogen-bond acceptors (Lipinski definition) is 3. The molecule has 0 saturated heterocycles. The van der Waals surface area contributed by atoms with Gasteiger partial charge < -0.3 is 0 Å². The van der Waals surface area contributed by atoms with Crippen LogP contribution < -0.4 is 0 Å². The summed E-state index contributed by atoms with van der Waals surface area (Å²) in [6.07, 6.45) is 1.83. The maximum absolute atomic E-state index is 12.1. The zero-order valence-corrected chi connectivity index (χ0v) is 13.6. The monoisotopic (exact) mass is 340 g/mol. The summed E-state index contributed by atoms with van der Waals surface area (Å²) in [5, 5.41) is 6.52. The number of halogens is 1. The van der Waals surface area contributed by atoms with E-state index < -0.39 is 0 Å². The number of rotatable bonds is 6. The minimum absolute atomic E-state index is 0.236. The lowest BCUT2D eigenvalue weighted by Crippen LogP contribution is -2.11. The molecule has 0 aliphatic heterocycles. The average Bonchev–Trinajstić information content (AvgIpc) is 2.99. The van der Waals surface area contributed by atoms with Gasteiger partial charge in [-0.3, -0.25) is 9.48 Å². The molecule has 0 aliphatic carbocycles. The van der Waals surface area contributed by atoms with Gasteiger partial charge in [0.25, 0.3) is 0 Å². The number of aromatic nitrogens is 2. The highest BCUT2D eigenvalue weighted by atomic mass is 79.9. The van der Waals surface area contributed by atoms with Crippen LogP contribution in [-0.4, -0.2) is 15.6 Å². The van der Waals surface area contributed by atoms with E-state index in [9.17, 15) is 4.79 Å². The Balaban J connectivity index is 2.14. The summed E-state index contributed by atoms with van der Waals surface area (Å²) < 4.78 is 2.92. The van der Waals surface area contributed by atoms with Crippen molar-refractivity contribution in [3.05, 3.63) is 38.3 Å². The van der Waals surface area contributed by atoms with E-state index in [1.807, 2.05) is 29.1 Å². The van der Waals surface area contributed by atoms with E-state index in [1.54, 1.807) is 11.3 Å². The summed E-state index contributed by atoms with van der Waals surface area (Å²) in [7, 11) is 0. The van der Waals surface area contributed by atoms with E-state index in [0.717, 1.165) is 33.7 Å². The number of nitrogens with zero attached hydrogens (tertiary/aromatic N) is 2. The fourth-order valence-corrected chi connectivity index (χ4v) is 3.48. The molecular formula is C14H17BrN2OS.